The first kappa shape index (κ1) is 14.4. The zero-order valence-electron chi connectivity index (χ0n) is 11.7. The van der Waals surface area contributed by atoms with Crippen molar-refractivity contribution in [1.29, 1.82) is 0 Å². The van der Waals surface area contributed by atoms with Crippen LogP contribution in [0.25, 0.3) is 0 Å². The van der Waals surface area contributed by atoms with Gasteiger partial charge >= 0.3 is 0 Å². The Balaban J connectivity index is 1.71. The maximum absolute atomic E-state index is 6.03. The molecular formula is C17H18BrNO2. The van der Waals surface area contributed by atoms with E-state index in [1.807, 2.05) is 30.3 Å². The van der Waals surface area contributed by atoms with Crippen LogP contribution in [0.15, 0.2) is 46.9 Å². The van der Waals surface area contributed by atoms with Gasteiger partial charge in [0.2, 0.25) is 0 Å². The highest BCUT2D eigenvalue weighted by Crippen LogP contribution is 2.34. The smallest absolute Gasteiger partial charge is 0.123 e. The highest BCUT2D eigenvalue weighted by Gasteiger charge is 2.24. The van der Waals surface area contributed by atoms with Gasteiger partial charge in [0.05, 0.1) is 19.1 Å². The average Bonchev–Trinajstić information content (AvgIpc) is 2.90. The van der Waals surface area contributed by atoms with Gasteiger partial charge in [0.15, 0.2) is 0 Å². The Morgan fingerprint density at radius 2 is 2.10 bits per heavy atom. The third kappa shape index (κ3) is 3.22. The molecule has 1 unspecified atom stereocenters. The van der Waals surface area contributed by atoms with E-state index in [1.54, 1.807) is 0 Å². The molecule has 21 heavy (non-hydrogen) atoms. The molecule has 3 nitrogen and oxygen atoms in total. The van der Waals surface area contributed by atoms with Crippen molar-refractivity contribution in [2.24, 2.45) is 5.73 Å². The van der Waals surface area contributed by atoms with Crippen molar-refractivity contribution >= 4 is 15.9 Å². The van der Waals surface area contributed by atoms with Crippen molar-refractivity contribution in [2.75, 3.05) is 19.8 Å². The second-order valence-electron chi connectivity index (χ2n) is 5.15. The van der Waals surface area contributed by atoms with E-state index in [-0.39, 0.29) is 5.92 Å². The lowest BCUT2D eigenvalue weighted by Gasteiger charge is -2.14. The summed E-state index contributed by atoms with van der Waals surface area (Å²) in [6, 6.07) is 14.2. The molecule has 0 radical (unpaired) electrons. The molecule has 1 aliphatic rings. The third-order valence-corrected chi connectivity index (χ3v) is 4.17. The number of ether oxygens (including phenoxy) is 2. The van der Waals surface area contributed by atoms with Crippen molar-refractivity contribution in [3.63, 3.8) is 0 Å². The van der Waals surface area contributed by atoms with Crippen LogP contribution in [-0.2, 0) is 6.42 Å². The first-order valence-corrected chi connectivity index (χ1v) is 7.90. The van der Waals surface area contributed by atoms with Crippen LogP contribution < -0.4 is 15.2 Å². The summed E-state index contributed by atoms with van der Waals surface area (Å²) in [6.45, 7) is 1.92. The topological polar surface area (TPSA) is 44.5 Å². The quantitative estimate of drug-likeness (QED) is 0.899. The maximum atomic E-state index is 6.03. The number of rotatable bonds is 5. The van der Waals surface area contributed by atoms with Crippen molar-refractivity contribution in [1.82, 2.24) is 0 Å². The summed E-state index contributed by atoms with van der Waals surface area (Å²) >= 11 is 3.49. The lowest BCUT2D eigenvalue weighted by molar-refractivity contribution is 0.247. The first-order chi connectivity index (χ1) is 10.3. The number of para-hydroxylation sites is 1. The number of fused-ring (bicyclic) bond motifs is 1. The van der Waals surface area contributed by atoms with Gasteiger partial charge in [-0.15, -0.1) is 0 Å². The van der Waals surface area contributed by atoms with E-state index in [2.05, 4.69) is 28.1 Å². The fourth-order valence-electron chi connectivity index (χ4n) is 2.60. The molecule has 1 atom stereocenters. The summed E-state index contributed by atoms with van der Waals surface area (Å²) in [6.07, 6.45) is 0.812. The van der Waals surface area contributed by atoms with E-state index in [0.29, 0.717) is 19.8 Å². The van der Waals surface area contributed by atoms with Gasteiger partial charge in [-0.2, -0.15) is 0 Å². The number of nitrogens with two attached hydrogens (primary N) is 1. The van der Waals surface area contributed by atoms with Crippen LogP contribution in [0.1, 0.15) is 17.0 Å². The van der Waals surface area contributed by atoms with E-state index in [4.69, 9.17) is 15.2 Å². The molecule has 0 amide bonds. The normalized spacial score (nSPS) is 16.4. The second-order valence-corrected chi connectivity index (χ2v) is 6.06. The van der Waals surface area contributed by atoms with Gasteiger partial charge in [0, 0.05) is 10.0 Å². The molecule has 3 rings (SSSR count). The summed E-state index contributed by atoms with van der Waals surface area (Å²) < 4.78 is 12.8. The average molecular weight is 348 g/mol. The highest BCUT2D eigenvalue weighted by atomic mass is 79.9. The molecular weight excluding hydrogens is 330 g/mol. The van der Waals surface area contributed by atoms with Crippen LogP contribution >= 0.6 is 15.9 Å². The van der Waals surface area contributed by atoms with E-state index in [0.717, 1.165) is 28.0 Å². The molecule has 1 aliphatic heterocycles. The predicted molar refractivity (Wildman–Crippen MR) is 87.1 cm³/mol. The standard InChI is InChI=1S/C17H18BrNO2/c18-14-5-6-16(12(9-14)7-8-19)20-10-13-11-21-17-4-2-1-3-15(13)17/h1-6,9,13H,7-8,10-11,19H2. The summed E-state index contributed by atoms with van der Waals surface area (Å²) in [7, 11) is 0. The minimum absolute atomic E-state index is 0.288. The molecule has 0 spiro atoms. The number of halogens is 1. The monoisotopic (exact) mass is 347 g/mol. The van der Waals surface area contributed by atoms with Crippen molar-refractivity contribution in [3.05, 3.63) is 58.1 Å². The Morgan fingerprint density at radius 1 is 1.24 bits per heavy atom. The second kappa shape index (κ2) is 6.50. The molecule has 0 bridgehead atoms. The van der Waals surface area contributed by atoms with Gasteiger partial charge in [-0.05, 0) is 42.8 Å². The third-order valence-electron chi connectivity index (χ3n) is 3.68. The highest BCUT2D eigenvalue weighted by molar-refractivity contribution is 9.10. The number of hydrogen-bond acceptors (Lipinski definition) is 3. The molecule has 4 heteroatoms. The molecule has 1 heterocycles. The summed E-state index contributed by atoms with van der Waals surface area (Å²) in [5, 5.41) is 0. The molecule has 0 fully saturated rings. The van der Waals surface area contributed by atoms with Gasteiger partial charge in [-0.1, -0.05) is 34.1 Å². The van der Waals surface area contributed by atoms with Crippen LogP contribution in [0.5, 0.6) is 11.5 Å². The van der Waals surface area contributed by atoms with Crippen molar-refractivity contribution < 1.29 is 9.47 Å². The summed E-state index contributed by atoms with van der Waals surface area (Å²) in [4.78, 5) is 0. The maximum Gasteiger partial charge on any atom is 0.123 e. The van der Waals surface area contributed by atoms with Gasteiger partial charge < -0.3 is 15.2 Å². The van der Waals surface area contributed by atoms with Crippen LogP contribution in [0.4, 0.5) is 0 Å². The minimum atomic E-state index is 0.288. The molecule has 0 saturated heterocycles. The fourth-order valence-corrected chi connectivity index (χ4v) is 3.01. The fraction of sp³-hybridized carbons (Fsp3) is 0.294. The number of hydrogen-bond donors (Lipinski definition) is 1. The van der Waals surface area contributed by atoms with Crippen LogP contribution in [0.3, 0.4) is 0 Å². The molecule has 0 aliphatic carbocycles. The first-order valence-electron chi connectivity index (χ1n) is 7.11. The summed E-state index contributed by atoms with van der Waals surface area (Å²) in [5.41, 5.74) is 8.04. The van der Waals surface area contributed by atoms with E-state index >= 15 is 0 Å². The Kier molecular flexibility index (Phi) is 4.46. The SMILES string of the molecule is NCCc1cc(Br)ccc1OCC1COc2ccccc21. The number of benzene rings is 2. The van der Waals surface area contributed by atoms with Gasteiger partial charge in [-0.25, -0.2) is 0 Å². The molecule has 0 saturated carbocycles. The van der Waals surface area contributed by atoms with Gasteiger partial charge in [-0.3, -0.25) is 0 Å². The molecule has 110 valence electrons. The van der Waals surface area contributed by atoms with Crippen molar-refractivity contribution in [2.45, 2.75) is 12.3 Å². The zero-order chi connectivity index (χ0) is 14.7. The van der Waals surface area contributed by atoms with E-state index < -0.39 is 0 Å². The summed E-state index contributed by atoms with van der Waals surface area (Å²) in [5.74, 6) is 2.17. The largest absolute Gasteiger partial charge is 0.493 e. The van der Waals surface area contributed by atoms with Gasteiger partial charge in [0.25, 0.3) is 0 Å². The lowest BCUT2D eigenvalue weighted by Crippen LogP contribution is -2.13. The van der Waals surface area contributed by atoms with Crippen LogP contribution in [0.2, 0.25) is 0 Å². The Bertz CT molecular complexity index is 630. The van der Waals surface area contributed by atoms with Crippen LogP contribution in [0, 0.1) is 0 Å². The van der Waals surface area contributed by atoms with E-state index in [1.165, 1.54) is 5.56 Å². The predicted octanol–water partition coefficient (Wildman–Crippen LogP) is 3.51. The lowest BCUT2D eigenvalue weighted by atomic mass is 10.0. The Labute approximate surface area is 133 Å². The molecule has 2 aromatic carbocycles. The molecule has 2 aromatic rings. The van der Waals surface area contributed by atoms with Crippen LogP contribution in [-0.4, -0.2) is 19.8 Å². The molecule has 0 aromatic heterocycles. The molecule has 2 N–H and O–H groups in total. The Morgan fingerprint density at radius 3 is 2.95 bits per heavy atom. The minimum Gasteiger partial charge on any atom is -0.493 e. The van der Waals surface area contributed by atoms with E-state index in [9.17, 15) is 0 Å². The Hall–Kier alpha value is -1.52. The van der Waals surface area contributed by atoms with Crippen molar-refractivity contribution in [3.8, 4) is 11.5 Å². The zero-order valence-corrected chi connectivity index (χ0v) is 13.3. The van der Waals surface area contributed by atoms with Gasteiger partial charge in [0.1, 0.15) is 11.5 Å².